The number of carbonyl (C=O) groups is 1. The normalized spacial score (nSPS) is 24.5. The minimum absolute atomic E-state index is 0.186. The largest absolute Gasteiger partial charge is 0.493 e. The fourth-order valence-electron chi connectivity index (χ4n) is 4.20. The Balaban J connectivity index is 1.48. The van der Waals surface area contributed by atoms with Crippen LogP contribution in [0.4, 0.5) is 0 Å². The molecule has 2 fully saturated rings. The Bertz CT molecular complexity index is 613. The lowest BCUT2D eigenvalue weighted by atomic mass is 9.98. The fourth-order valence-corrected chi connectivity index (χ4v) is 4.20. The molecule has 5 nitrogen and oxygen atoms in total. The quantitative estimate of drug-likeness (QED) is 0.844. The molecule has 0 N–H and O–H groups in total. The summed E-state index contributed by atoms with van der Waals surface area (Å²) in [4.78, 5) is 17.7. The van der Waals surface area contributed by atoms with E-state index in [1.165, 1.54) is 12.0 Å². The third-order valence-corrected chi connectivity index (χ3v) is 5.62. The second-order valence-electron chi connectivity index (χ2n) is 7.34. The van der Waals surface area contributed by atoms with E-state index in [1.807, 2.05) is 12.1 Å². The summed E-state index contributed by atoms with van der Waals surface area (Å²) in [6.07, 6.45) is 5.48. The maximum Gasteiger partial charge on any atom is 0.254 e. The van der Waals surface area contributed by atoms with Crippen molar-refractivity contribution in [2.24, 2.45) is 0 Å². The topological polar surface area (TPSA) is 42.0 Å². The number of piperidine rings is 1. The molecule has 1 aromatic rings. The summed E-state index contributed by atoms with van der Waals surface area (Å²) >= 11 is 0. The van der Waals surface area contributed by atoms with Crippen molar-refractivity contribution in [2.45, 2.75) is 38.1 Å². The maximum atomic E-state index is 13.2. The Morgan fingerprint density at radius 1 is 1.08 bits per heavy atom. The van der Waals surface area contributed by atoms with Crippen molar-refractivity contribution < 1.29 is 14.3 Å². The lowest BCUT2D eigenvalue weighted by molar-refractivity contribution is 0.0166. The average Bonchev–Trinajstić information content (AvgIpc) is 2.68. The third kappa shape index (κ3) is 3.82. The van der Waals surface area contributed by atoms with Gasteiger partial charge in [0.15, 0.2) is 0 Å². The molecule has 1 amide bonds. The van der Waals surface area contributed by atoms with E-state index in [0.717, 1.165) is 83.0 Å². The predicted molar refractivity (Wildman–Crippen MR) is 96.2 cm³/mol. The molecule has 0 aromatic heterocycles. The summed E-state index contributed by atoms with van der Waals surface area (Å²) in [5.41, 5.74) is 2.00. The van der Waals surface area contributed by atoms with Crippen LogP contribution in [0.15, 0.2) is 18.2 Å². The predicted octanol–water partition coefficient (Wildman–Crippen LogP) is 2.34. The van der Waals surface area contributed by atoms with E-state index in [1.54, 1.807) is 0 Å². The molecule has 0 spiro atoms. The monoisotopic (exact) mass is 344 g/mol. The Hall–Kier alpha value is -1.59. The minimum Gasteiger partial charge on any atom is -0.493 e. The van der Waals surface area contributed by atoms with Gasteiger partial charge in [0, 0.05) is 37.8 Å². The first-order valence-corrected chi connectivity index (χ1v) is 9.68. The number of rotatable bonds is 3. The number of carbonyl (C=O) groups excluding carboxylic acids is 1. The Morgan fingerprint density at radius 3 is 2.84 bits per heavy atom. The van der Waals surface area contributed by atoms with Crippen LogP contribution < -0.4 is 4.74 Å². The third-order valence-electron chi connectivity index (χ3n) is 5.62. The van der Waals surface area contributed by atoms with Crippen molar-refractivity contribution in [1.82, 2.24) is 9.80 Å². The first kappa shape index (κ1) is 16.9. The first-order chi connectivity index (χ1) is 12.3. The number of amides is 1. The molecule has 25 heavy (non-hydrogen) atoms. The van der Waals surface area contributed by atoms with Gasteiger partial charge in [-0.3, -0.25) is 9.69 Å². The van der Waals surface area contributed by atoms with Crippen LogP contribution in [0, 0.1) is 0 Å². The maximum absolute atomic E-state index is 13.2. The van der Waals surface area contributed by atoms with E-state index in [-0.39, 0.29) is 5.91 Å². The van der Waals surface area contributed by atoms with Crippen molar-refractivity contribution in [3.63, 3.8) is 0 Å². The lowest BCUT2D eigenvalue weighted by Gasteiger charge is -2.39. The van der Waals surface area contributed by atoms with Gasteiger partial charge < -0.3 is 14.4 Å². The highest BCUT2D eigenvalue weighted by Gasteiger charge is 2.30. The van der Waals surface area contributed by atoms with E-state index < -0.39 is 0 Å². The molecule has 1 atom stereocenters. The Kier molecular flexibility index (Phi) is 5.22. The van der Waals surface area contributed by atoms with E-state index in [0.29, 0.717) is 6.04 Å². The zero-order chi connectivity index (χ0) is 17.1. The number of hydrogen-bond acceptors (Lipinski definition) is 4. The summed E-state index contributed by atoms with van der Waals surface area (Å²) in [7, 11) is 0. The van der Waals surface area contributed by atoms with Gasteiger partial charge in [-0.15, -0.1) is 0 Å². The van der Waals surface area contributed by atoms with E-state index in [4.69, 9.17) is 9.47 Å². The van der Waals surface area contributed by atoms with E-state index >= 15 is 0 Å². The molecule has 0 bridgehead atoms. The number of nitrogens with zero attached hydrogens (tertiary/aromatic N) is 2. The van der Waals surface area contributed by atoms with Gasteiger partial charge >= 0.3 is 0 Å². The highest BCUT2D eigenvalue weighted by molar-refractivity contribution is 5.95. The number of morpholine rings is 1. The number of benzene rings is 1. The molecule has 1 aromatic carbocycles. The van der Waals surface area contributed by atoms with Gasteiger partial charge in [0.2, 0.25) is 0 Å². The Morgan fingerprint density at radius 2 is 1.96 bits per heavy atom. The summed E-state index contributed by atoms with van der Waals surface area (Å²) in [5.74, 6) is 1.14. The van der Waals surface area contributed by atoms with Crippen molar-refractivity contribution in [3.8, 4) is 5.75 Å². The van der Waals surface area contributed by atoms with Crippen LogP contribution in [0.2, 0.25) is 0 Å². The fraction of sp³-hybridized carbons (Fsp3) is 0.650. The molecule has 0 radical (unpaired) electrons. The van der Waals surface area contributed by atoms with Crippen LogP contribution in [-0.4, -0.2) is 67.7 Å². The molecule has 3 heterocycles. The lowest BCUT2D eigenvalue weighted by Crippen LogP contribution is -2.51. The molecule has 0 aliphatic carbocycles. The molecule has 5 heteroatoms. The summed E-state index contributed by atoms with van der Waals surface area (Å²) in [5, 5.41) is 0. The zero-order valence-corrected chi connectivity index (χ0v) is 14.9. The van der Waals surface area contributed by atoms with Crippen molar-refractivity contribution in [2.75, 3.05) is 46.0 Å². The van der Waals surface area contributed by atoms with E-state index in [9.17, 15) is 4.79 Å². The van der Waals surface area contributed by atoms with Crippen molar-refractivity contribution in [3.05, 3.63) is 29.3 Å². The van der Waals surface area contributed by atoms with Gasteiger partial charge in [-0.1, -0.05) is 0 Å². The second-order valence-corrected chi connectivity index (χ2v) is 7.34. The van der Waals surface area contributed by atoms with Crippen LogP contribution in [-0.2, 0) is 11.2 Å². The van der Waals surface area contributed by atoms with Crippen LogP contribution in [0.1, 0.15) is 41.6 Å². The number of hydrogen-bond donors (Lipinski definition) is 0. The summed E-state index contributed by atoms with van der Waals surface area (Å²) < 4.78 is 11.1. The minimum atomic E-state index is 0.186. The van der Waals surface area contributed by atoms with Crippen LogP contribution in [0.3, 0.4) is 0 Å². The van der Waals surface area contributed by atoms with Gasteiger partial charge in [-0.25, -0.2) is 0 Å². The first-order valence-electron chi connectivity index (χ1n) is 9.68. The second kappa shape index (κ2) is 7.75. The number of ether oxygens (including phenoxy) is 2. The average molecular weight is 344 g/mol. The Labute approximate surface area is 149 Å². The van der Waals surface area contributed by atoms with Gasteiger partial charge in [0.1, 0.15) is 5.75 Å². The summed E-state index contributed by atoms with van der Waals surface area (Å²) in [6, 6.07) is 6.29. The van der Waals surface area contributed by atoms with Crippen LogP contribution in [0.25, 0.3) is 0 Å². The molecular formula is C20H28N2O3. The van der Waals surface area contributed by atoms with E-state index in [2.05, 4.69) is 15.9 Å². The van der Waals surface area contributed by atoms with Gasteiger partial charge in [0.05, 0.1) is 19.8 Å². The van der Waals surface area contributed by atoms with Gasteiger partial charge in [0.25, 0.3) is 5.91 Å². The molecule has 136 valence electrons. The van der Waals surface area contributed by atoms with Crippen LogP contribution in [0.5, 0.6) is 5.75 Å². The molecule has 0 saturated carbocycles. The molecular weight excluding hydrogens is 316 g/mol. The molecule has 2 saturated heterocycles. The smallest absolute Gasteiger partial charge is 0.254 e. The molecule has 3 aliphatic rings. The molecule has 4 rings (SSSR count). The highest BCUT2D eigenvalue weighted by atomic mass is 16.5. The highest BCUT2D eigenvalue weighted by Crippen LogP contribution is 2.27. The van der Waals surface area contributed by atoms with Gasteiger partial charge in [-0.2, -0.15) is 0 Å². The van der Waals surface area contributed by atoms with Crippen molar-refractivity contribution in [1.29, 1.82) is 0 Å². The number of fused-ring (bicyclic) bond motifs is 1. The standard InChI is InChI=1S/C20H28N2O3/c23-20(17-6-7-19-16(14-17)4-3-11-25-19)22-8-2-1-5-18(22)15-21-9-12-24-13-10-21/h6-7,14,18H,1-5,8-13,15H2/t18-/m1/s1. The molecule has 3 aliphatic heterocycles. The zero-order valence-electron chi connectivity index (χ0n) is 14.9. The number of aryl methyl sites for hydroxylation is 1. The van der Waals surface area contributed by atoms with Crippen molar-refractivity contribution >= 4 is 5.91 Å². The van der Waals surface area contributed by atoms with Gasteiger partial charge in [-0.05, 0) is 55.9 Å². The molecule has 0 unspecified atom stereocenters. The SMILES string of the molecule is O=C(c1ccc2c(c1)CCCO2)N1CCCC[C@@H]1CN1CCOCC1. The summed E-state index contributed by atoms with van der Waals surface area (Å²) in [6.45, 7) is 6.22. The number of likely N-dealkylation sites (tertiary alicyclic amines) is 1. The van der Waals surface area contributed by atoms with Crippen LogP contribution >= 0.6 is 0 Å².